The third kappa shape index (κ3) is 7.11. The second-order valence-corrected chi connectivity index (χ2v) is 3.01. The van der Waals surface area contributed by atoms with Crippen LogP contribution in [0.5, 0.6) is 0 Å². The minimum absolute atomic E-state index is 1.15. The zero-order valence-corrected chi connectivity index (χ0v) is 9.03. The maximum Gasteiger partial charge on any atom is -0.0398 e. The fraction of sp³-hybridized carbons (Fsp3) is 0.143. The van der Waals surface area contributed by atoms with Crippen molar-refractivity contribution in [2.45, 2.75) is 13.8 Å². The summed E-state index contributed by atoms with van der Waals surface area (Å²) in [5.41, 5.74) is 2.47. The van der Waals surface area contributed by atoms with E-state index in [-0.39, 0.29) is 0 Å². The van der Waals surface area contributed by atoms with Gasteiger partial charge < -0.3 is 0 Å². The van der Waals surface area contributed by atoms with Crippen molar-refractivity contribution in [1.82, 2.24) is 0 Å². The molecule has 0 atom stereocenters. The molecule has 0 heterocycles. The van der Waals surface area contributed by atoms with Crippen LogP contribution in [-0.2, 0) is 0 Å². The van der Waals surface area contributed by atoms with Crippen molar-refractivity contribution in [3.05, 3.63) is 72.9 Å². The molecule has 14 heavy (non-hydrogen) atoms. The summed E-state index contributed by atoms with van der Waals surface area (Å²) in [6.07, 6.45) is 5.45. The highest BCUT2D eigenvalue weighted by Crippen LogP contribution is 1.92. The second kappa shape index (κ2) is 8.06. The zero-order chi connectivity index (χ0) is 10.8. The van der Waals surface area contributed by atoms with Crippen LogP contribution in [0.4, 0.5) is 0 Å². The molecule has 0 aliphatic rings. The minimum Gasteiger partial charge on any atom is -0.0991 e. The highest BCUT2D eigenvalue weighted by molar-refractivity contribution is 5.17. The van der Waals surface area contributed by atoms with E-state index in [0.717, 1.165) is 5.57 Å². The average molecular weight is 186 g/mol. The fourth-order valence-electron chi connectivity index (χ4n) is 0.788. The van der Waals surface area contributed by atoms with Crippen LogP contribution in [0.2, 0.25) is 0 Å². The van der Waals surface area contributed by atoms with Crippen molar-refractivity contribution in [3.8, 4) is 0 Å². The largest absolute Gasteiger partial charge is 0.0991 e. The molecule has 1 rings (SSSR count). The first-order chi connectivity index (χ1) is 6.70. The Hall–Kier alpha value is -1.56. The van der Waals surface area contributed by atoms with Gasteiger partial charge in [0.1, 0.15) is 0 Å². The molecule has 0 nitrogen and oxygen atoms in total. The van der Waals surface area contributed by atoms with E-state index in [1.54, 1.807) is 12.2 Å². The summed E-state index contributed by atoms with van der Waals surface area (Å²) in [7, 11) is 0. The van der Waals surface area contributed by atoms with Crippen LogP contribution in [0.15, 0.2) is 67.3 Å². The van der Waals surface area contributed by atoms with Gasteiger partial charge in [-0.15, -0.1) is 0 Å². The molecule has 0 bridgehead atoms. The lowest BCUT2D eigenvalue weighted by Gasteiger charge is -1.82. The number of rotatable bonds is 2. The molecule has 0 heteroatoms. The van der Waals surface area contributed by atoms with Crippen molar-refractivity contribution in [2.75, 3.05) is 0 Å². The van der Waals surface area contributed by atoms with Crippen LogP contribution < -0.4 is 0 Å². The van der Waals surface area contributed by atoms with Crippen molar-refractivity contribution in [3.63, 3.8) is 0 Å². The van der Waals surface area contributed by atoms with Gasteiger partial charge in [-0.25, -0.2) is 0 Å². The number of hydrogen-bond acceptors (Lipinski definition) is 0. The van der Waals surface area contributed by atoms with E-state index in [1.807, 2.05) is 31.2 Å². The molecule has 0 fully saturated rings. The SMILES string of the molecule is C=CC=C(C)C=C.Cc1ccccc1. The minimum atomic E-state index is 1.15. The summed E-state index contributed by atoms with van der Waals surface area (Å²) in [5.74, 6) is 0. The Bertz CT molecular complexity index is 291. The third-order valence-electron chi connectivity index (χ3n) is 1.64. The van der Waals surface area contributed by atoms with E-state index >= 15 is 0 Å². The lowest BCUT2D eigenvalue weighted by Crippen LogP contribution is -1.62. The van der Waals surface area contributed by atoms with Crippen molar-refractivity contribution in [2.24, 2.45) is 0 Å². The van der Waals surface area contributed by atoms with E-state index in [0.29, 0.717) is 0 Å². The molecule has 0 saturated heterocycles. The first kappa shape index (κ1) is 12.4. The number of hydrogen-bond donors (Lipinski definition) is 0. The van der Waals surface area contributed by atoms with Gasteiger partial charge in [-0.2, -0.15) is 0 Å². The van der Waals surface area contributed by atoms with Crippen molar-refractivity contribution in [1.29, 1.82) is 0 Å². The molecule has 0 aromatic heterocycles. The normalized spacial score (nSPS) is 9.71. The van der Waals surface area contributed by atoms with E-state index in [4.69, 9.17) is 0 Å². The Balaban J connectivity index is 0.000000241. The van der Waals surface area contributed by atoms with Gasteiger partial charge in [-0.1, -0.05) is 72.9 Å². The Morgan fingerprint density at radius 3 is 1.93 bits per heavy atom. The maximum atomic E-state index is 3.56. The fourth-order valence-corrected chi connectivity index (χ4v) is 0.788. The highest BCUT2D eigenvalue weighted by Gasteiger charge is 1.72. The molecule has 0 aliphatic carbocycles. The third-order valence-corrected chi connectivity index (χ3v) is 1.64. The lowest BCUT2D eigenvalue weighted by molar-refractivity contribution is 1.48. The molecule has 1 aromatic carbocycles. The number of benzene rings is 1. The van der Waals surface area contributed by atoms with E-state index in [9.17, 15) is 0 Å². The van der Waals surface area contributed by atoms with Gasteiger partial charge in [0, 0.05) is 0 Å². The molecule has 0 unspecified atom stereocenters. The quantitative estimate of drug-likeness (QED) is 0.604. The summed E-state index contributed by atoms with van der Waals surface area (Å²) in [4.78, 5) is 0. The highest BCUT2D eigenvalue weighted by atomic mass is 13.8. The van der Waals surface area contributed by atoms with Crippen molar-refractivity contribution < 1.29 is 0 Å². The predicted molar refractivity (Wildman–Crippen MR) is 65.3 cm³/mol. The van der Waals surface area contributed by atoms with Crippen LogP contribution in [0.25, 0.3) is 0 Å². The molecular weight excluding hydrogens is 168 g/mol. The molecule has 74 valence electrons. The van der Waals surface area contributed by atoms with E-state index < -0.39 is 0 Å². The average Bonchev–Trinajstić information content (AvgIpc) is 2.20. The zero-order valence-electron chi connectivity index (χ0n) is 9.03. The van der Waals surface area contributed by atoms with Crippen LogP contribution in [0.3, 0.4) is 0 Å². The van der Waals surface area contributed by atoms with Crippen LogP contribution >= 0.6 is 0 Å². The van der Waals surface area contributed by atoms with Crippen molar-refractivity contribution >= 4 is 0 Å². The summed E-state index contributed by atoms with van der Waals surface area (Å²) in [5, 5.41) is 0. The van der Waals surface area contributed by atoms with Gasteiger partial charge >= 0.3 is 0 Å². The van der Waals surface area contributed by atoms with E-state index in [1.165, 1.54) is 5.56 Å². The molecule has 0 radical (unpaired) electrons. The van der Waals surface area contributed by atoms with E-state index in [2.05, 4.69) is 32.2 Å². The Labute approximate surface area is 87.3 Å². The molecule has 0 N–H and O–H groups in total. The first-order valence-electron chi connectivity index (χ1n) is 4.64. The van der Waals surface area contributed by atoms with Crippen LogP contribution in [-0.4, -0.2) is 0 Å². The predicted octanol–water partition coefficient (Wildman–Crippen LogP) is 4.30. The molecule has 1 aromatic rings. The molecule has 0 aliphatic heterocycles. The topological polar surface area (TPSA) is 0 Å². The van der Waals surface area contributed by atoms with Crippen LogP contribution in [0.1, 0.15) is 12.5 Å². The summed E-state index contributed by atoms with van der Waals surface area (Å²) in [6.45, 7) is 11.2. The Morgan fingerprint density at radius 1 is 1.14 bits per heavy atom. The Kier molecular flexibility index (Phi) is 7.16. The summed E-state index contributed by atoms with van der Waals surface area (Å²) in [6, 6.07) is 10.3. The van der Waals surface area contributed by atoms with Gasteiger partial charge in [-0.3, -0.25) is 0 Å². The maximum absolute atomic E-state index is 3.56. The van der Waals surface area contributed by atoms with Gasteiger partial charge in [-0.05, 0) is 13.8 Å². The smallest absolute Gasteiger partial charge is 0.0398 e. The van der Waals surface area contributed by atoms with Gasteiger partial charge in [0.05, 0.1) is 0 Å². The van der Waals surface area contributed by atoms with Gasteiger partial charge in [0.2, 0.25) is 0 Å². The monoisotopic (exact) mass is 186 g/mol. The first-order valence-corrected chi connectivity index (χ1v) is 4.64. The van der Waals surface area contributed by atoms with Gasteiger partial charge in [0.25, 0.3) is 0 Å². The number of aryl methyl sites for hydroxylation is 1. The molecular formula is C14H18. The molecule has 0 spiro atoms. The second-order valence-electron chi connectivity index (χ2n) is 3.01. The summed E-state index contributed by atoms with van der Waals surface area (Å²) < 4.78 is 0. The Morgan fingerprint density at radius 2 is 1.71 bits per heavy atom. The lowest BCUT2D eigenvalue weighted by atomic mass is 10.2. The molecule has 0 saturated carbocycles. The standard InChI is InChI=1S/C7H8.C7H10/c1-7-5-3-2-4-6-7;1-4-6-7(3)5-2/h2-6H,1H3;4-6H,1-2H2,3H3. The number of allylic oxidation sites excluding steroid dienone is 4. The van der Waals surface area contributed by atoms with Crippen LogP contribution in [0, 0.1) is 6.92 Å². The van der Waals surface area contributed by atoms with Gasteiger partial charge in [0.15, 0.2) is 0 Å². The summed E-state index contributed by atoms with van der Waals surface area (Å²) >= 11 is 0. The molecule has 0 amide bonds.